The van der Waals surface area contributed by atoms with Crippen LogP contribution in [0.3, 0.4) is 0 Å². The number of nitrogen functional groups attached to an aromatic ring is 1. The number of fused-ring (bicyclic) bond motifs is 1. The lowest BCUT2D eigenvalue weighted by Gasteiger charge is -2.34. The Morgan fingerprint density at radius 2 is 2.27 bits per heavy atom. The van der Waals surface area contributed by atoms with Crippen LogP contribution in [0.25, 0.3) is 0 Å². The number of nitrogens with two attached hydrogens (primary N) is 2. The maximum Gasteiger partial charge on any atom is 0.180 e. The number of aromatic nitrogens is 1. The molecule has 1 heterocycles. The van der Waals surface area contributed by atoms with Gasteiger partial charge < -0.3 is 11.5 Å². The molecular formula is C11H19N3S. The smallest absolute Gasteiger partial charge is 0.180 e. The van der Waals surface area contributed by atoms with E-state index in [2.05, 4.69) is 18.8 Å². The summed E-state index contributed by atoms with van der Waals surface area (Å²) in [5.74, 6) is 0.573. The van der Waals surface area contributed by atoms with Crippen molar-refractivity contribution in [2.75, 3.05) is 12.3 Å². The van der Waals surface area contributed by atoms with Crippen molar-refractivity contribution in [3.63, 3.8) is 0 Å². The molecule has 1 aliphatic carbocycles. The van der Waals surface area contributed by atoms with Crippen molar-refractivity contribution in [2.45, 2.75) is 39.0 Å². The van der Waals surface area contributed by atoms with Crippen molar-refractivity contribution in [3.8, 4) is 0 Å². The third-order valence-electron chi connectivity index (χ3n) is 3.08. The first-order chi connectivity index (χ1) is 7.02. The second kappa shape index (κ2) is 3.76. The first-order valence-corrected chi connectivity index (χ1v) is 6.28. The maximum absolute atomic E-state index is 5.78. The highest BCUT2D eigenvalue weighted by Gasteiger charge is 2.34. The molecule has 3 nitrogen and oxygen atoms in total. The van der Waals surface area contributed by atoms with Gasteiger partial charge in [0.1, 0.15) is 0 Å². The van der Waals surface area contributed by atoms with Crippen molar-refractivity contribution in [1.82, 2.24) is 4.98 Å². The van der Waals surface area contributed by atoms with Crippen molar-refractivity contribution in [3.05, 3.63) is 10.6 Å². The van der Waals surface area contributed by atoms with Gasteiger partial charge in [0.2, 0.25) is 0 Å². The number of anilines is 1. The van der Waals surface area contributed by atoms with E-state index in [1.165, 1.54) is 17.0 Å². The van der Waals surface area contributed by atoms with Gasteiger partial charge in [0.05, 0.1) is 5.69 Å². The van der Waals surface area contributed by atoms with Gasteiger partial charge in [0.25, 0.3) is 0 Å². The summed E-state index contributed by atoms with van der Waals surface area (Å²) in [4.78, 5) is 5.82. The summed E-state index contributed by atoms with van der Waals surface area (Å²) in [7, 11) is 0. The number of hydrogen-bond donors (Lipinski definition) is 2. The van der Waals surface area contributed by atoms with Gasteiger partial charge in [-0.15, -0.1) is 11.3 Å². The standard InChI is InChI=1S/C11H19N3S/c1-11(2)5-7(3-4-12)9-8(6-11)14-10(13)15-9/h7H,3-6,12H2,1-2H3,(H2,13,14). The summed E-state index contributed by atoms with van der Waals surface area (Å²) in [5, 5.41) is 0.708. The largest absolute Gasteiger partial charge is 0.375 e. The fourth-order valence-corrected chi connectivity index (χ4v) is 3.53. The number of thiazole rings is 1. The summed E-state index contributed by atoms with van der Waals surface area (Å²) in [6.45, 7) is 5.35. The molecule has 0 aliphatic heterocycles. The topological polar surface area (TPSA) is 64.9 Å². The number of nitrogens with zero attached hydrogens (tertiary/aromatic N) is 1. The highest BCUT2D eigenvalue weighted by Crippen LogP contribution is 2.45. The minimum Gasteiger partial charge on any atom is -0.375 e. The van der Waals surface area contributed by atoms with Crippen LogP contribution >= 0.6 is 11.3 Å². The normalized spacial score (nSPS) is 23.8. The van der Waals surface area contributed by atoms with E-state index in [4.69, 9.17) is 11.5 Å². The summed E-state index contributed by atoms with van der Waals surface area (Å²) in [5.41, 5.74) is 13.0. The molecule has 0 fully saturated rings. The van der Waals surface area contributed by atoms with Crippen molar-refractivity contribution < 1.29 is 0 Å². The fraction of sp³-hybridized carbons (Fsp3) is 0.727. The zero-order valence-corrected chi connectivity index (χ0v) is 10.2. The third kappa shape index (κ3) is 2.16. The van der Waals surface area contributed by atoms with Gasteiger partial charge in [-0.1, -0.05) is 13.8 Å². The van der Waals surface area contributed by atoms with Crippen LogP contribution in [0.15, 0.2) is 0 Å². The molecule has 0 saturated carbocycles. The Hall–Kier alpha value is -0.610. The van der Waals surface area contributed by atoms with Crippen LogP contribution < -0.4 is 11.5 Å². The second-order valence-corrected chi connectivity index (χ2v) is 6.24. The van der Waals surface area contributed by atoms with Crippen LogP contribution in [0, 0.1) is 5.41 Å². The zero-order chi connectivity index (χ0) is 11.1. The molecule has 1 aromatic rings. The Balaban J connectivity index is 2.33. The molecule has 1 aromatic heterocycles. The molecule has 84 valence electrons. The van der Waals surface area contributed by atoms with Gasteiger partial charge in [0, 0.05) is 4.88 Å². The lowest BCUT2D eigenvalue weighted by Crippen LogP contribution is -2.26. The van der Waals surface area contributed by atoms with E-state index in [1.54, 1.807) is 11.3 Å². The second-order valence-electron chi connectivity index (χ2n) is 5.18. The van der Waals surface area contributed by atoms with Crippen molar-refractivity contribution in [2.24, 2.45) is 11.1 Å². The van der Waals surface area contributed by atoms with Crippen LogP contribution in [-0.4, -0.2) is 11.5 Å². The van der Waals surface area contributed by atoms with Crippen LogP contribution in [0.2, 0.25) is 0 Å². The molecule has 0 amide bonds. The Morgan fingerprint density at radius 1 is 1.53 bits per heavy atom. The predicted octanol–water partition coefficient (Wildman–Crippen LogP) is 2.13. The highest BCUT2D eigenvalue weighted by atomic mass is 32.1. The lowest BCUT2D eigenvalue weighted by atomic mass is 9.73. The van der Waals surface area contributed by atoms with Crippen LogP contribution in [0.5, 0.6) is 0 Å². The van der Waals surface area contributed by atoms with Gasteiger partial charge >= 0.3 is 0 Å². The zero-order valence-electron chi connectivity index (χ0n) is 9.42. The molecule has 0 saturated heterocycles. The van der Waals surface area contributed by atoms with E-state index in [1.807, 2.05) is 0 Å². The Labute approximate surface area is 94.9 Å². The molecule has 0 radical (unpaired) electrons. The molecule has 4 heteroatoms. The summed E-state index contributed by atoms with van der Waals surface area (Å²) >= 11 is 1.65. The van der Waals surface area contributed by atoms with Crippen molar-refractivity contribution >= 4 is 16.5 Å². The van der Waals surface area contributed by atoms with E-state index in [0.29, 0.717) is 16.5 Å². The Bertz CT molecular complexity index is 357. The number of hydrogen-bond acceptors (Lipinski definition) is 4. The van der Waals surface area contributed by atoms with Gasteiger partial charge in [-0.2, -0.15) is 0 Å². The summed E-state index contributed by atoms with van der Waals surface area (Å²) < 4.78 is 0. The van der Waals surface area contributed by atoms with Crippen LogP contribution in [0.4, 0.5) is 5.13 Å². The van der Waals surface area contributed by atoms with Crippen LogP contribution in [-0.2, 0) is 6.42 Å². The molecule has 15 heavy (non-hydrogen) atoms. The predicted molar refractivity (Wildman–Crippen MR) is 65.0 cm³/mol. The molecule has 1 atom stereocenters. The maximum atomic E-state index is 5.78. The minimum absolute atomic E-state index is 0.341. The molecule has 1 aliphatic rings. The quantitative estimate of drug-likeness (QED) is 0.810. The molecule has 0 spiro atoms. The van der Waals surface area contributed by atoms with E-state index >= 15 is 0 Å². The van der Waals surface area contributed by atoms with Gasteiger partial charge in [-0.3, -0.25) is 0 Å². The first-order valence-electron chi connectivity index (χ1n) is 5.47. The SMILES string of the molecule is CC1(C)Cc2nc(N)sc2C(CCN)C1. The van der Waals surface area contributed by atoms with E-state index in [0.717, 1.165) is 19.4 Å². The van der Waals surface area contributed by atoms with Gasteiger partial charge in [-0.05, 0) is 37.1 Å². The van der Waals surface area contributed by atoms with Crippen LogP contribution in [0.1, 0.15) is 43.2 Å². The Morgan fingerprint density at radius 3 is 2.93 bits per heavy atom. The average Bonchev–Trinajstić information content (AvgIpc) is 2.44. The van der Waals surface area contributed by atoms with Crippen molar-refractivity contribution in [1.29, 1.82) is 0 Å². The third-order valence-corrected chi connectivity index (χ3v) is 4.16. The monoisotopic (exact) mass is 225 g/mol. The number of rotatable bonds is 2. The molecule has 1 unspecified atom stereocenters. The highest BCUT2D eigenvalue weighted by molar-refractivity contribution is 7.15. The molecule has 0 bridgehead atoms. The van der Waals surface area contributed by atoms with E-state index in [-0.39, 0.29) is 0 Å². The minimum atomic E-state index is 0.341. The van der Waals surface area contributed by atoms with E-state index in [9.17, 15) is 0 Å². The fourth-order valence-electron chi connectivity index (χ4n) is 2.55. The molecule has 4 N–H and O–H groups in total. The lowest BCUT2D eigenvalue weighted by molar-refractivity contribution is 0.275. The molecule has 2 rings (SSSR count). The summed E-state index contributed by atoms with van der Waals surface area (Å²) in [6.07, 6.45) is 3.31. The van der Waals surface area contributed by atoms with Gasteiger partial charge in [-0.25, -0.2) is 4.98 Å². The molecular weight excluding hydrogens is 206 g/mol. The molecule has 0 aromatic carbocycles. The van der Waals surface area contributed by atoms with E-state index < -0.39 is 0 Å². The Kier molecular flexibility index (Phi) is 2.73. The van der Waals surface area contributed by atoms with Gasteiger partial charge in [0.15, 0.2) is 5.13 Å². The first kappa shape index (κ1) is 10.9. The summed E-state index contributed by atoms with van der Waals surface area (Å²) in [6, 6.07) is 0. The average molecular weight is 225 g/mol.